The second kappa shape index (κ2) is 10.5. The lowest BCUT2D eigenvalue weighted by Gasteiger charge is -2.21. The molecule has 1 aliphatic carbocycles. The molecule has 1 aliphatic heterocycles. The van der Waals surface area contributed by atoms with E-state index in [2.05, 4.69) is 0 Å². The van der Waals surface area contributed by atoms with Gasteiger partial charge in [0.05, 0.1) is 5.56 Å². The first-order valence-corrected chi connectivity index (χ1v) is 14.2. The number of benzene rings is 3. The van der Waals surface area contributed by atoms with Crippen LogP contribution in [0.3, 0.4) is 0 Å². The average molecular weight is 592 g/mol. The van der Waals surface area contributed by atoms with Crippen molar-refractivity contribution in [1.82, 2.24) is 0 Å². The molecule has 4 rings (SSSR count). The molecule has 40 heavy (non-hydrogen) atoms. The number of fused-ring (bicyclic) bond motifs is 2. The van der Waals surface area contributed by atoms with Gasteiger partial charge in [-0.3, -0.25) is 18.7 Å². The van der Waals surface area contributed by atoms with Crippen LogP contribution in [0.25, 0.3) is 33.4 Å². The van der Waals surface area contributed by atoms with Gasteiger partial charge in [0, 0.05) is 21.9 Å². The molecule has 0 bridgehead atoms. The third-order valence-corrected chi connectivity index (χ3v) is 7.70. The van der Waals surface area contributed by atoms with Gasteiger partial charge < -0.3 is 14.6 Å². The van der Waals surface area contributed by atoms with E-state index in [0.29, 0.717) is 0 Å². The van der Waals surface area contributed by atoms with Crippen LogP contribution in [0.1, 0.15) is 38.1 Å². The topological polar surface area (TPSA) is 216 Å². The quantitative estimate of drug-likeness (QED) is 0.230. The van der Waals surface area contributed by atoms with Crippen molar-refractivity contribution < 1.29 is 50.2 Å². The maximum Gasteiger partial charge on any atom is 0.336 e. The lowest BCUT2D eigenvalue weighted by atomic mass is 9.91. The molecule has 2 aromatic carbocycles. The molecular weight excluding hydrogens is 568 g/mol. The molecule has 0 saturated carbocycles. The maximum absolute atomic E-state index is 12.3. The van der Waals surface area contributed by atoms with Gasteiger partial charge in [0.1, 0.15) is 10.7 Å². The van der Waals surface area contributed by atoms with E-state index in [1.807, 2.05) is 20.8 Å². The molecule has 212 valence electrons. The van der Waals surface area contributed by atoms with Crippen LogP contribution in [0, 0.1) is 5.41 Å². The molecule has 0 spiro atoms. The van der Waals surface area contributed by atoms with E-state index in [0.717, 1.165) is 24.3 Å². The van der Waals surface area contributed by atoms with Crippen molar-refractivity contribution in [3.05, 3.63) is 64.3 Å². The minimum Gasteiger partial charge on any atom is -0.871 e. The zero-order valence-electron chi connectivity index (χ0n) is 21.5. The van der Waals surface area contributed by atoms with E-state index in [9.17, 15) is 50.5 Å². The van der Waals surface area contributed by atoms with Crippen LogP contribution >= 0.6 is 0 Å². The Bertz CT molecular complexity index is 1910. The number of carbonyl (C=O) groups excluding carboxylic acids is 1. The van der Waals surface area contributed by atoms with Crippen LogP contribution in [0.4, 0.5) is 0 Å². The van der Waals surface area contributed by atoms with Crippen LogP contribution in [-0.2, 0) is 25.0 Å². The van der Waals surface area contributed by atoms with Gasteiger partial charge in [0.15, 0.2) is 16.2 Å². The molecule has 2 aromatic rings. The Balaban J connectivity index is 0.000000559. The van der Waals surface area contributed by atoms with Gasteiger partial charge in [-0.05, 0) is 30.7 Å². The van der Waals surface area contributed by atoms with Crippen LogP contribution in [0.2, 0.25) is 0 Å². The second-order valence-corrected chi connectivity index (χ2v) is 12.3. The molecule has 0 amide bonds. The Morgan fingerprint density at radius 1 is 0.850 bits per heavy atom. The average Bonchev–Trinajstić information content (AvgIpc) is 2.80. The first kappa shape index (κ1) is 30.4. The number of hydrogen-bond donors (Lipinski definition) is 3. The van der Waals surface area contributed by atoms with Crippen molar-refractivity contribution in [3.8, 4) is 28.2 Å². The number of hydrogen-bond acceptors (Lipinski definition) is 9. The van der Waals surface area contributed by atoms with E-state index in [4.69, 9.17) is 4.42 Å². The van der Waals surface area contributed by atoms with Crippen molar-refractivity contribution in [3.63, 3.8) is 0 Å². The number of Topliss-reactive ketones (excluding diaryl/α,β-unsaturated/α-hetero) is 1. The molecule has 0 radical (unpaired) electrons. The summed E-state index contributed by atoms with van der Waals surface area (Å²) in [6.07, 6.45) is 0. The molecular formula is C26H23O12S2-. The Hall–Kier alpha value is -4.11. The molecule has 0 saturated heterocycles. The highest BCUT2D eigenvalue weighted by atomic mass is 32.2. The van der Waals surface area contributed by atoms with Crippen molar-refractivity contribution in [2.45, 2.75) is 37.5 Å². The molecule has 1 heterocycles. The molecule has 2 aliphatic rings. The van der Waals surface area contributed by atoms with Gasteiger partial charge >= 0.3 is 16.1 Å². The van der Waals surface area contributed by atoms with E-state index >= 15 is 0 Å². The van der Waals surface area contributed by atoms with Crippen molar-refractivity contribution >= 4 is 43.0 Å². The van der Waals surface area contributed by atoms with Crippen molar-refractivity contribution in [1.29, 1.82) is 0 Å². The van der Waals surface area contributed by atoms with E-state index in [1.54, 1.807) is 6.92 Å². The fourth-order valence-corrected chi connectivity index (χ4v) is 5.02. The highest BCUT2D eigenvalue weighted by molar-refractivity contribution is 7.86. The predicted molar refractivity (Wildman–Crippen MR) is 141 cm³/mol. The molecule has 3 N–H and O–H groups in total. The van der Waals surface area contributed by atoms with Crippen LogP contribution in [0.5, 0.6) is 5.75 Å². The third kappa shape index (κ3) is 5.89. The van der Waals surface area contributed by atoms with Gasteiger partial charge in [-0.25, -0.2) is 4.79 Å². The number of aromatic carboxylic acids is 1. The van der Waals surface area contributed by atoms with Gasteiger partial charge in [-0.2, -0.15) is 16.8 Å². The molecule has 12 nitrogen and oxygen atoms in total. The Morgan fingerprint density at radius 3 is 1.90 bits per heavy atom. The first-order valence-electron chi connectivity index (χ1n) is 11.3. The number of rotatable bonds is 4. The summed E-state index contributed by atoms with van der Waals surface area (Å²) in [5, 5.41) is 21.7. The summed E-state index contributed by atoms with van der Waals surface area (Å²) in [6, 6.07) is 9.19. The molecule has 0 unspecified atom stereocenters. The summed E-state index contributed by atoms with van der Waals surface area (Å²) in [4.78, 5) is 32.1. The smallest absolute Gasteiger partial charge is 0.336 e. The highest BCUT2D eigenvalue weighted by Crippen LogP contribution is 2.45. The Morgan fingerprint density at radius 2 is 1.40 bits per heavy atom. The molecule has 0 aromatic heterocycles. The zero-order chi connectivity index (χ0) is 30.4. The van der Waals surface area contributed by atoms with E-state index in [-0.39, 0.29) is 38.8 Å². The number of ketones is 1. The minimum absolute atomic E-state index is 0.0457. The summed E-state index contributed by atoms with van der Waals surface area (Å²) < 4.78 is 72.4. The molecule has 0 atom stereocenters. The zero-order valence-corrected chi connectivity index (χ0v) is 23.1. The van der Waals surface area contributed by atoms with Gasteiger partial charge in [-0.15, -0.1) is 0 Å². The van der Waals surface area contributed by atoms with E-state index < -0.39 is 58.5 Å². The normalized spacial score (nSPS) is 12.2. The monoisotopic (exact) mass is 591 g/mol. The van der Waals surface area contributed by atoms with Gasteiger partial charge in [0.2, 0.25) is 5.43 Å². The maximum atomic E-state index is 12.3. The fourth-order valence-electron chi connectivity index (χ4n) is 3.60. The highest BCUT2D eigenvalue weighted by Gasteiger charge is 2.31. The summed E-state index contributed by atoms with van der Waals surface area (Å²) in [7, 11) is -10.5. The Kier molecular flexibility index (Phi) is 7.96. The summed E-state index contributed by atoms with van der Waals surface area (Å²) in [5.74, 6) is -3.19. The SMILES string of the molecule is CC(=O)C(C)(C)C.O=C(O)c1ccccc1-c1c2ccc(=O)c(S(=O)(=O)O)c-2oc2c(S(=O)(=O)O)c([O-])ccc12. The van der Waals surface area contributed by atoms with Crippen molar-refractivity contribution in [2.75, 3.05) is 0 Å². The number of carbonyl (C=O) groups is 2. The van der Waals surface area contributed by atoms with Crippen LogP contribution in [0.15, 0.2) is 67.5 Å². The standard InChI is InChI=1S/C20H12O11S2.C6H12O/c21-13-7-5-11-15(9-3-1-2-4-10(9)20(23)24)12-6-8-14(22)19(33(28,29)30)17(12)31-16(11)18(13)32(25,26)27;1-5(7)6(2,3)4/h1-8,21H,(H,23,24)(H,25,26,27)(H,28,29,30);1-4H3/p-1. The summed E-state index contributed by atoms with van der Waals surface area (Å²) in [5.41, 5.74) is -2.80. The summed E-state index contributed by atoms with van der Waals surface area (Å²) in [6.45, 7) is 7.35. The third-order valence-electron chi connectivity index (χ3n) is 5.89. The second-order valence-electron chi connectivity index (χ2n) is 9.62. The van der Waals surface area contributed by atoms with Crippen LogP contribution in [-0.4, -0.2) is 42.8 Å². The first-order chi connectivity index (χ1) is 18.3. The molecule has 0 fully saturated rings. The van der Waals surface area contributed by atoms with E-state index in [1.165, 1.54) is 24.3 Å². The summed E-state index contributed by atoms with van der Waals surface area (Å²) >= 11 is 0. The molecule has 14 heteroatoms. The predicted octanol–water partition coefficient (Wildman–Crippen LogP) is 3.45. The number of carboxylic acids is 1. The Labute approximate surface area is 228 Å². The van der Waals surface area contributed by atoms with Crippen molar-refractivity contribution in [2.24, 2.45) is 5.41 Å². The van der Waals surface area contributed by atoms with Gasteiger partial charge in [0.25, 0.3) is 10.1 Å². The lowest BCUT2D eigenvalue weighted by Crippen LogP contribution is -2.16. The largest absolute Gasteiger partial charge is 0.871 e. The number of carboxylic acid groups (broad SMARTS) is 1. The van der Waals surface area contributed by atoms with Gasteiger partial charge in [-0.1, -0.05) is 56.9 Å². The van der Waals surface area contributed by atoms with Crippen LogP contribution < -0.4 is 10.5 Å². The lowest BCUT2D eigenvalue weighted by molar-refractivity contribution is -0.272. The minimum atomic E-state index is -5.23. The fraction of sp³-hybridized carbons (Fsp3) is 0.192.